The van der Waals surface area contributed by atoms with E-state index in [9.17, 15) is 0 Å². The number of pyridine rings is 1. The molecule has 0 saturated carbocycles. The Hall–Kier alpha value is -7.11. The van der Waals surface area contributed by atoms with Crippen molar-refractivity contribution in [2.24, 2.45) is 0 Å². The average Bonchev–Trinajstić information content (AvgIpc) is 3.52. The Morgan fingerprint density at radius 1 is 0.556 bits per heavy atom. The molecule has 4 heterocycles. The number of fused-ring (bicyclic) bond motifs is 4. The Morgan fingerprint density at radius 3 is 1.83 bits per heavy atom. The predicted molar refractivity (Wildman–Crippen MR) is 228 cm³/mol. The van der Waals surface area contributed by atoms with Gasteiger partial charge in [-0.2, -0.15) is 0 Å². The zero-order chi connectivity index (χ0) is 36.8. The van der Waals surface area contributed by atoms with E-state index in [-0.39, 0.29) is 0 Å². The van der Waals surface area contributed by atoms with Crippen LogP contribution < -0.4 is 4.90 Å². The monoisotopic (exact) mass is 695 g/mol. The van der Waals surface area contributed by atoms with Crippen molar-refractivity contribution in [2.75, 3.05) is 4.90 Å². The van der Waals surface area contributed by atoms with Crippen LogP contribution in [-0.2, 0) is 0 Å². The van der Waals surface area contributed by atoms with E-state index in [1.807, 2.05) is 50.3 Å². The minimum Gasteiger partial charge on any atom is -0.309 e. The van der Waals surface area contributed by atoms with Crippen molar-refractivity contribution in [1.82, 2.24) is 19.5 Å². The van der Waals surface area contributed by atoms with Gasteiger partial charge in [0.2, 0.25) is 5.95 Å². The molecule has 5 heteroatoms. The van der Waals surface area contributed by atoms with E-state index in [2.05, 4.69) is 150 Å². The predicted octanol–water partition coefficient (Wildman–Crippen LogP) is 13.1. The fourth-order valence-corrected chi connectivity index (χ4v) is 7.80. The number of para-hydroxylation sites is 2. The molecule has 0 spiro atoms. The van der Waals surface area contributed by atoms with Crippen molar-refractivity contribution in [1.29, 1.82) is 0 Å². The summed E-state index contributed by atoms with van der Waals surface area (Å²) in [6.45, 7) is 12.3. The second-order valence-corrected chi connectivity index (χ2v) is 13.2. The molecule has 258 valence electrons. The molecule has 1 aliphatic heterocycles. The maximum absolute atomic E-state index is 5.35. The van der Waals surface area contributed by atoms with Crippen LogP contribution in [0.2, 0.25) is 0 Å². The lowest BCUT2D eigenvalue weighted by molar-refractivity contribution is 1.04. The van der Waals surface area contributed by atoms with Crippen molar-refractivity contribution in [2.45, 2.75) is 13.8 Å². The van der Waals surface area contributed by atoms with Gasteiger partial charge in [0, 0.05) is 44.3 Å². The smallest absolute Gasteiger partial charge is 0.235 e. The second-order valence-electron chi connectivity index (χ2n) is 13.2. The molecule has 0 atom stereocenters. The maximum atomic E-state index is 5.35. The summed E-state index contributed by atoms with van der Waals surface area (Å²) in [7, 11) is 0. The van der Waals surface area contributed by atoms with E-state index in [0.717, 1.165) is 95.0 Å². The highest BCUT2D eigenvalue weighted by atomic mass is 15.3. The van der Waals surface area contributed by atoms with Crippen LogP contribution in [0.15, 0.2) is 153 Å². The van der Waals surface area contributed by atoms with E-state index in [1.165, 1.54) is 0 Å². The number of aromatic nitrogens is 4. The SMILES string of the molecule is C=Cc1c(C=C)c(/C=C\C)n(-c2ccc(-c3cc(-c4ccccc4)nc(N4c5ccccc5-c5nc6ccccc6c6cccc4c56)n3)cc2)c1/C=C\C. The van der Waals surface area contributed by atoms with E-state index >= 15 is 0 Å². The van der Waals surface area contributed by atoms with Crippen molar-refractivity contribution in [3.05, 3.63) is 175 Å². The first kappa shape index (κ1) is 32.8. The molecule has 0 fully saturated rings. The first-order chi connectivity index (χ1) is 26.6. The Bertz CT molecular complexity index is 2780. The minimum atomic E-state index is 0.594. The molecular weight excluding hydrogens is 659 g/mol. The molecule has 0 radical (unpaired) electrons. The lowest BCUT2D eigenvalue weighted by Crippen LogP contribution is -2.18. The molecule has 9 rings (SSSR count). The van der Waals surface area contributed by atoms with Crippen LogP contribution in [0.3, 0.4) is 0 Å². The normalized spacial score (nSPS) is 12.2. The van der Waals surface area contributed by atoms with Crippen LogP contribution in [0.5, 0.6) is 0 Å². The molecule has 5 aromatic carbocycles. The Labute approximate surface area is 315 Å². The Balaban J connectivity index is 1.25. The molecule has 0 unspecified atom stereocenters. The number of hydrogen-bond acceptors (Lipinski definition) is 4. The molecule has 0 N–H and O–H groups in total. The quantitative estimate of drug-likeness (QED) is 0.148. The molecule has 0 amide bonds. The van der Waals surface area contributed by atoms with Crippen LogP contribution in [-0.4, -0.2) is 19.5 Å². The number of allylic oxidation sites excluding steroid dienone is 2. The van der Waals surface area contributed by atoms with E-state index < -0.39 is 0 Å². The van der Waals surface area contributed by atoms with Gasteiger partial charge in [0.25, 0.3) is 0 Å². The Morgan fingerprint density at radius 2 is 1.15 bits per heavy atom. The third-order valence-corrected chi connectivity index (χ3v) is 10.1. The summed E-state index contributed by atoms with van der Waals surface area (Å²) in [6.07, 6.45) is 12.2. The molecule has 3 aromatic heterocycles. The lowest BCUT2D eigenvalue weighted by Gasteiger charge is -2.32. The standard InChI is InChI=1S/C49H37N5/c1-5-17-43-35(7-3)36(8-4)44(18-6-2)53(43)34-29-27-33(28-30-34)42-31-41(32-19-10-9-11-20-32)51-49(52-42)54-45-25-15-13-22-39(45)48-47-38(23-16-26-46(47)54)37-21-12-14-24-40(37)50-48/h5-31H,3-4H2,1-2H3/b17-5-,18-6-. The minimum absolute atomic E-state index is 0.594. The van der Waals surface area contributed by atoms with Gasteiger partial charge in [0.1, 0.15) is 0 Å². The summed E-state index contributed by atoms with van der Waals surface area (Å²) in [5.74, 6) is 0.594. The largest absolute Gasteiger partial charge is 0.309 e. The van der Waals surface area contributed by atoms with E-state index in [1.54, 1.807) is 0 Å². The molecule has 8 aromatic rings. The highest BCUT2D eigenvalue weighted by molar-refractivity contribution is 6.19. The summed E-state index contributed by atoms with van der Waals surface area (Å²) in [4.78, 5) is 18.1. The highest BCUT2D eigenvalue weighted by Gasteiger charge is 2.30. The number of hydrogen-bond donors (Lipinski definition) is 0. The van der Waals surface area contributed by atoms with Crippen LogP contribution in [0.4, 0.5) is 17.3 Å². The number of benzene rings is 5. The fraction of sp³-hybridized carbons (Fsp3) is 0.0408. The van der Waals surface area contributed by atoms with Crippen LogP contribution >= 0.6 is 0 Å². The second kappa shape index (κ2) is 13.5. The molecule has 0 aliphatic carbocycles. The van der Waals surface area contributed by atoms with Crippen molar-refractivity contribution >= 4 is 63.3 Å². The van der Waals surface area contributed by atoms with Crippen LogP contribution in [0, 0.1) is 0 Å². The Kier molecular flexibility index (Phi) is 8.17. The zero-order valence-corrected chi connectivity index (χ0v) is 30.2. The van der Waals surface area contributed by atoms with Gasteiger partial charge in [-0.15, -0.1) is 0 Å². The first-order valence-electron chi connectivity index (χ1n) is 18.2. The van der Waals surface area contributed by atoms with Gasteiger partial charge in [0.15, 0.2) is 0 Å². The molecule has 54 heavy (non-hydrogen) atoms. The molecular formula is C49H37N5. The third-order valence-electron chi connectivity index (χ3n) is 10.1. The van der Waals surface area contributed by atoms with Crippen LogP contribution in [0.25, 0.3) is 85.4 Å². The summed E-state index contributed by atoms with van der Waals surface area (Å²) in [6, 6.07) is 44.3. The summed E-state index contributed by atoms with van der Waals surface area (Å²) >= 11 is 0. The highest BCUT2D eigenvalue weighted by Crippen LogP contribution is 2.51. The molecule has 1 aliphatic rings. The van der Waals surface area contributed by atoms with Crippen molar-refractivity contribution in [3.63, 3.8) is 0 Å². The van der Waals surface area contributed by atoms with Crippen molar-refractivity contribution < 1.29 is 0 Å². The van der Waals surface area contributed by atoms with Gasteiger partial charge in [-0.3, -0.25) is 4.90 Å². The van der Waals surface area contributed by atoms with Gasteiger partial charge < -0.3 is 4.57 Å². The van der Waals surface area contributed by atoms with E-state index in [4.69, 9.17) is 15.0 Å². The average molecular weight is 696 g/mol. The van der Waals surface area contributed by atoms with Gasteiger partial charge >= 0.3 is 0 Å². The molecule has 5 nitrogen and oxygen atoms in total. The molecule has 0 bridgehead atoms. The number of rotatable bonds is 8. The van der Waals surface area contributed by atoms with Gasteiger partial charge in [-0.05, 0) is 67.8 Å². The number of nitrogens with zero attached hydrogens (tertiary/aromatic N) is 5. The summed E-state index contributed by atoms with van der Waals surface area (Å²) in [5, 5.41) is 3.37. The summed E-state index contributed by atoms with van der Waals surface area (Å²) in [5.41, 5.74) is 13.9. The van der Waals surface area contributed by atoms with Crippen LogP contribution in [0.1, 0.15) is 36.4 Å². The molecule has 0 saturated heterocycles. The third kappa shape index (κ3) is 5.21. The fourth-order valence-electron chi connectivity index (χ4n) is 7.80. The van der Waals surface area contributed by atoms with E-state index in [0.29, 0.717) is 5.95 Å². The zero-order valence-electron chi connectivity index (χ0n) is 30.2. The van der Waals surface area contributed by atoms with Crippen molar-refractivity contribution in [3.8, 4) is 39.5 Å². The van der Waals surface area contributed by atoms with Gasteiger partial charge in [-0.25, -0.2) is 15.0 Å². The lowest BCUT2D eigenvalue weighted by atomic mass is 9.93. The first-order valence-corrected chi connectivity index (χ1v) is 18.2. The topological polar surface area (TPSA) is 46.8 Å². The maximum Gasteiger partial charge on any atom is 0.235 e. The van der Waals surface area contributed by atoms with Gasteiger partial charge in [0.05, 0.1) is 45.4 Å². The summed E-state index contributed by atoms with van der Waals surface area (Å²) < 4.78 is 2.26. The number of anilines is 3. The van der Waals surface area contributed by atoms with Gasteiger partial charge in [-0.1, -0.05) is 128 Å².